The van der Waals surface area contributed by atoms with Gasteiger partial charge in [-0.1, -0.05) is 42.7 Å². The van der Waals surface area contributed by atoms with Gasteiger partial charge in [0.15, 0.2) is 5.88 Å². The van der Waals surface area contributed by atoms with Gasteiger partial charge in [0.1, 0.15) is 29.8 Å². The molecule has 2 aliphatic heterocycles. The van der Waals surface area contributed by atoms with Crippen LogP contribution in [0.15, 0.2) is 53.9 Å². The fourth-order valence-electron chi connectivity index (χ4n) is 9.35. The molecule has 4 aliphatic carbocycles. The summed E-state index contributed by atoms with van der Waals surface area (Å²) < 4.78 is 41.9. The number of alkyl carbamates (subject to hydrolysis) is 1. The van der Waals surface area contributed by atoms with E-state index in [1.54, 1.807) is 28.8 Å². The molecule has 16 heteroatoms. The van der Waals surface area contributed by atoms with Crippen LogP contribution in [-0.4, -0.2) is 83.3 Å². The van der Waals surface area contributed by atoms with Gasteiger partial charge >= 0.3 is 6.09 Å². The maximum atomic E-state index is 14.9. The lowest BCUT2D eigenvalue weighted by Crippen LogP contribution is -2.59. The second-order valence-corrected chi connectivity index (χ2v) is 19.0. The Morgan fingerprint density at radius 3 is 2.49 bits per heavy atom. The molecule has 0 unspecified atom stereocenters. The minimum Gasteiger partial charge on any atom is -0.473 e. The standard InChI is InChI=1S/C41H50ClN5O9S/c1-2-27-22-41(27,39(51)45-57(53,54)30-15-16-30)44-36(48)32-21-29-23-47(32)38(50)35(25-10-5-6-11-25)43-40(52)56-33-13-8-12-24(33)9-4-3-7-18-46-34(55-29)20-26-19-28(42)14-17-31(26)37(46)49/h2-4,14,17,19-20,24-25,27,29-30,32-33,35H,1,5-13,15-16,18,21-23H2,(H,43,52)(H,44,48)(H,45,51)/b4-3+/t24-,27-,29-,32+,33-,35+,41-/m1/s1. The Morgan fingerprint density at radius 2 is 1.75 bits per heavy atom. The smallest absolute Gasteiger partial charge is 0.408 e. The van der Waals surface area contributed by atoms with Crippen molar-refractivity contribution in [1.82, 2.24) is 24.8 Å². The fourth-order valence-corrected chi connectivity index (χ4v) is 10.9. The number of nitrogens with one attached hydrogen (secondary N) is 3. The van der Waals surface area contributed by atoms with E-state index < -0.39 is 68.7 Å². The van der Waals surface area contributed by atoms with Crippen LogP contribution in [0.3, 0.4) is 0 Å². The number of fused-ring (bicyclic) bond motifs is 5. The lowest BCUT2D eigenvalue weighted by atomic mass is 9.96. The van der Waals surface area contributed by atoms with E-state index in [9.17, 15) is 32.4 Å². The second-order valence-electron chi connectivity index (χ2n) is 16.6. The lowest BCUT2D eigenvalue weighted by molar-refractivity contribution is -0.142. The molecule has 7 atom stereocenters. The van der Waals surface area contributed by atoms with Gasteiger partial charge in [0.05, 0.1) is 11.8 Å². The molecule has 2 aromatic rings. The normalized spacial score (nSPS) is 31.5. The number of amides is 4. The molecule has 14 nitrogen and oxygen atoms in total. The van der Waals surface area contributed by atoms with Crippen molar-refractivity contribution in [2.75, 3.05) is 6.54 Å². The molecule has 6 aliphatic rings. The summed E-state index contributed by atoms with van der Waals surface area (Å²) in [5.41, 5.74) is -1.84. The third kappa shape index (κ3) is 8.06. The zero-order valence-electron chi connectivity index (χ0n) is 31.8. The molecular formula is C41H50ClN5O9S. The van der Waals surface area contributed by atoms with E-state index in [1.165, 1.54) is 11.0 Å². The molecular weight excluding hydrogens is 774 g/mol. The van der Waals surface area contributed by atoms with E-state index in [4.69, 9.17) is 21.1 Å². The van der Waals surface area contributed by atoms with E-state index in [0.29, 0.717) is 67.3 Å². The number of sulfonamides is 1. The molecule has 306 valence electrons. The fraction of sp³-hybridized carbons (Fsp3) is 0.585. The number of hydrogen-bond acceptors (Lipinski definition) is 9. The number of allylic oxidation sites excluding steroid dienone is 2. The van der Waals surface area contributed by atoms with Crippen LogP contribution in [0.25, 0.3) is 10.8 Å². The Bertz CT molecular complexity index is 2170. The molecule has 0 radical (unpaired) electrons. The van der Waals surface area contributed by atoms with Crippen LogP contribution < -0.4 is 25.7 Å². The molecule has 4 saturated carbocycles. The Morgan fingerprint density at radius 1 is 0.982 bits per heavy atom. The van der Waals surface area contributed by atoms with E-state index in [1.807, 2.05) is 6.08 Å². The maximum Gasteiger partial charge on any atom is 0.408 e. The highest BCUT2D eigenvalue weighted by molar-refractivity contribution is 7.91. The summed E-state index contributed by atoms with van der Waals surface area (Å²) in [4.78, 5) is 71.9. The van der Waals surface area contributed by atoms with E-state index in [-0.39, 0.29) is 48.8 Å². The van der Waals surface area contributed by atoms with Gasteiger partial charge in [-0.2, -0.15) is 0 Å². The number of benzene rings is 1. The first-order chi connectivity index (χ1) is 27.4. The monoisotopic (exact) mass is 823 g/mol. The van der Waals surface area contributed by atoms with Crippen LogP contribution in [0.5, 0.6) is 5.88 Å². The molecule has 2 bridgehead atoms. The molecule has 1 saturated heterocycles. The number of pyridine rings is 1. The molecule has 3 heterocycles. The van der Waals surface area contributed by atoms with E-state index >= 15 is 0 Å². The van der Waals surface area contributed by atoms with Crippen molar-refractivity contribution < 1.29 is 37.1 Å². The topological polar surface area (TPSA) is 182 Å². The minimum absolute atomic E-state index is 0.0122. The van der Waals surface area contributed by atoms with Gasteiger partial charge in [0, 0.05) is 35.4 Å². The van der Waals surface area contributed by atoms with E-state index in [2.05, 4.69) is 28.0 Å². The first kappa shape index (κ1) is 39.5. The zero-order chi connectivity index (χ0) is 40.1. The number of halogens is 1. The largest absolute Gasteiger partial charge is 0.473 e. The highest BCUT2D eigenvalue weighted by Crippen LogP contribution is 2.46. The van der Waals surface area contributed by atoms with Crippen LogP contribution in [0.1, 0.15) is 83.5 Å². The first-order valence-corrected chi connectivity index (χ1v) is 22.2. The van der Waals surface area contributed by atoms with Gasteiger partial charge in [0.2, 0.25) is 21.8 Å². The molecule has 5 fully saturated rings. The van der Waals surface area contributed by atoms with Crippen molar-refractivity contribution in [2.24, 2.45) is 17.8 Å². The number of carbonyl (C=O) groups excluding carboxylic acids is 4. The van der Waals surface area contributed by atoms with Gasteiger partial charge in [-0.25, -0.2) is 13.2 Å². The Hall–Kier alpha value is -4.37. The summed E-state index contributed by atoms with van der Waals surface area (Å²) in [6.45, 7) is 4.03. The first-order valence-electron chi connectivity index (χ1n) is 20.3. The van der Waals surface area contributed by atoms with Crippen LogP contribution in [-0.2, 0) is 35.7 Å². The summed E-state index contributed by atoms with van der Waals surface area (Å²) in [6.07, 6.45) is 11.7. The highest BCUT2D eigenvalue weighted by Gasteiger charge is 2.62. The molecule has 1 aromatic heterocycles. The average molecular weight is 824 g/mol. The average Bonchev–Trinajstić information content (AvgIpc) is 3.96. The highest BCUT2D eigenvalue weighted by atomic mass is 35.5. The number of ether oxygens (including phenoxy) is 2. The Labute approximate surface area is 336 Å². The van der Waals surface area contributed by atoms with Gasteiger partial charge in [0.25, 0.3) is 11.5 Å². The molecule has 1 aromatic carbocycles. The minimum atomic E-state index is -3.92. The summed E-state index contributed by atoms with van der Waals surface area (Å²) in [6, 6.07) is 4.61. The van der Waals surface area contributed by atoms with Gasteiger partial charge in [-0.3, -0.25) is 28.5 Å². The van der Waals surface area contributed by atoms with Crippen molar-refractivity contribution in [3.05, 3.63) is 64.4 Å². The number of hydrogen-bond donors (Lipinski definition) is 3. The quantitative estimate of drug-likeness (QED) is 0.340. The third-order valence-electron chi connectivity index (χ3n) is 12.8. The maximum absolute atomic E-state index is 14.9. The third-order valence-corrected chi connectivity index (χ3v) is 14.9. The van der Waals surface area contributed by atoms with E-state index in [0.717, 1.165) is 25.7 Å². The molecule has 8 rings (SSSR count). The lowest BCUT2D eigenvalue weighted by Gasteiger charge is -2.32. The molecule has 57 heavy (non-hydrogen) atoms. The summed E-state index contributed by atoms with van der Waals surface area (Å²) in [5.74, 6) is -2.37. The van der Waals surface area contributed by atoms with Crippen molar-refractivity contribution >= 4 is 56.2 Å². The van der Waals surface area contributed by atoms with Crippen LogP contribution >= 0.6 is 11.6 Å². The molecule has 4 amide bonds. The van der Waals surface area contributed by atoms with Crippen molar-refractivity contribution in [3.8, 4) is 5.88 Å². The van der Waals surface area contributed by atoms with Crippen molar-refractivity contribution in [3.63, 3.8) is 0 Å². The summed E-state index contributed by atoms with van der Waals surface area (Å²) >= 11 is 6.34. The van der Waals surface area contributed by atoms with Crippen molar-refractivity contribution in [1.29, 1.82) is 0 Å². The predicted molar refractivity (Wildman–Crippen MR) is 212 cm³/mol. The van der Waals surface area contributed by atoms with Crippen LogP contribution in [0.4, 0.5) is 4.79 Å². The number of nitrogens with zero attached hydrogens (tertiary/aromatic N) is 2. The Kier molecular flexibility index (Phi) is 10.9. The summed E-state index contributed by atoms with van der Waals surface area (Å²) in [5, 5.41) is 6.56. The Balaban J connectivity index is 1.15. The zero-order valence-corrected chi connectivity index (χ0v) is 33.4. The molecule has 3 N–H and O–H groups in total. The van der Waals surface area contributed by atoms with Crippen LogP contribution in [0, 0.1) is 17.8 Å². The van der Waals surface area contributed by atoms with Crippen molar-refractivity contribution in [2.45, 2.75) is 125 Å². The SMILES string of the molecule is C=C[C@@H]1C[C@]1(NC(=O)[C@@H]1C[C@@H]2CN1C(=O)[C@H](C1CCCC1)NC(=O)O[C@@H]1CCC[C@H]1C/C=C/CCn1c(cc3cc(Cl)ccc3c1=O)O2)C(=O)NS(=O)(=O)C1CC1. The van der Waals surface area contributed by atoms with Gasteiger partial charge < -0.3 is 25.0 Å². The van der Waals surface area contributed by atoms with Crippen LogP contribution in [0.2, 0.25) is 5.02 Å². The predicted octanol–water partition coefficient (Wildman–Crippen LogP) is 4.48. The molecule has 0 spiro atoms. The van der Waals surface area contributed by atoms with Gasteiger partial charge in [-0.05, 0) is 99.6 Å². The van der Waals surface area contributed by atoms with Gasteiger partial charge in [-0.15, -0.1) is 6.58 Å². The number of aromatic nitrogens is 1. The number of rotatable bonds is 7. The summed E-state index contributed by atoms with van der Waals surface area (Å²) in [7, 11) is -3.92. The second kappa shape index (κ2) is 15.8. The number of carbonyl (C=O) groups is 4.